The summed E-state index contributed by atoms with van der Waals surface area (Å²) in [7, 11) is 1.80. The van der Waals surface area contributed by atoms with Crippen molar-refractivity contribution in [1.82, 2.24) is 19.9 Å². The van der Waals surface area contributed by atoms with Crippen molar-refractivity contribution in [3.05, 3.63) is 343 Å². The van der Waals surface area contributed by atoms with Gasteiger partial charge in [-0.15, -0.1) is 0 Å². The first-order chi connectivity index (χ1) is 61.7. The van der Waals surface area contributed by atoms with Gasteiger partial charge in [0.25, 0.3) is 0 Å². The number of nitrogens with one attached hydrogen (secondary N) is 9. The van der Waals surface area contributed by atoms with Gasteiger partial charge in [0, 0.05) is 121 Å². The minimum Gasteiger partial charge on any atom is -0.326 e. The van der Waals surface area contributed by atoms with E-state index in [0.717, 1.165) is 147 Å². The van der Waals surface area contributed by atoms with E-state index < -0.39 is 21.7 Å². The smallest absolute Gasteiger partial charge is 0.237 e. The lowest BCUT2D eigenvalue weighted by Gasteiger charge is -2.27. The molecule has 0 saturated carbocycles. The second kappa shape index (κ2) is 34.0. The zero-order valence-electron chi connectivity index (χ0n) is 70.1. The highest BCUT2D eigenvalue weighted by Crippen LogP contribution is 2.52. The van der Waals surface area contributed by atoms with E-state index in [0.29, 0.717) is 133 Å². The molecule has 4 unspecified atom stereocenters. The number of aryl methyl sites for hydroxylation is 4. The average molecular weight is 1690 g/mol. The number of carbonyl (C=O) groups is 10. The highest BCUT2D eigenvalue weighted by molar-refractivity contribution is 6.10. The third-order valence-electron chi connectivity index (χ3n) is 26.8. The Morgan fingerprint density at radius 2 is 0.732 bits per heavy atom. The maximum Gasteiger partial charge on any atom is 0.237 e. The van der Waals surface area contributed by atoms with Crippen LogP contribution in [0.3, 0.4) is 0 Å². The summed E-state index contributed by atoms with van der Waals surface area (Å²) in [6.07, 6.45) is 18.3. The topological polar surface area (TPSA) is 334 Å². The summed E-state index contributed by atoms with van der Waals surface area (Å²) in [6.45, 7) is 0. The van der Waals surface area contributed by atoms with E-state index in [1.807, 2.05) is 218 Å². The Bertz CT molecular complexity index is 6360. The van der Waals surface area contributed by atoms with Gasteiger partial charge in [0.15, 0.2) is 0 Å². The van der Waals surface area contributed by atoms with E-state index in [1.54, 1.807) is 30.5 Å². The van der Waals surface area contributed by atoms with Gasteiger partial charge in [0.2, 0.25) is 59.1 Å². The standard InChI is InChI=1S/C28H26N4O3.C27H24N4O3.C25H22N2O2.C23H20N4O2/c1-32-23-6-2-4-17(21(23)10-12-25(32)34)8-11-24(33)30-20-9-7-18-15-28(16-19(18)14-20)22-5-3-13-29-26(22)31-27(28)35;32-23(10-7-16-3-1-5-22-20(16)9-11-24(33)30-22)29-19-8-6-17-14-27(15-18(17)13-19)21-4-2-12-28-25(21)31-26(27)34;28-23(13-10-17-6-2-1-3-7-17)26-20-12-11-18-15-25(16-19(18)14-20)21-8-4-5-9-22(21)27-24(25)29;28-20(9-6-15-4-2-1-3-5-15)26-18-8-7-16-11-23(12-17(16)10-18)19-13-24-14-25-21(19)27-22(23)29/h2-7,9,13-14H,8,10-12,15-16H2,1H3,(H,30,33)(H,29,31,35);1-6,8,12-13H,7,9-11,14-15H2,(H,29,32)(H,30,33)(H,28,31,34);1-9,11-12,14H,10,13,15-16H2,(H,26,28)(H,27,29);1-5,7-8,10,13-14H,6,9,11-12H2,(H,26,28)(H,24,25,27,29). The van der Waals surface area contributed by atoms with E-state index in [2.05, 4.69) is 67.8 Å². The first-order valence-electron chi connectivity index (χ1n) is 43.3. The summed E-state index contributed by atoms with van der Waals surface area (Å²) in [5, 5.41) is 26.7. The van der Waals surface area contributed by atoms with Crippen LogP contribution < -0.4 is 52.8 Å². The molecule has 12 aromatic rings. The second-order valence-electron chi connectivity index (χ2n) is 34.6. The normalized spacial score (nSPS) is 19.4. The van der Waals surface area contributed by atoms with Crippen LogP contribution in [0.5, 0.6) is 0 Å². The van der Waals surface area contributed by atoms with Crippen LogP contribution in [0.25, 0.3) is 0 Å². The minimum atomic E-state index is -0.644. The van der Waals surface area contributed by atoms with Crippen LogP contribution in [0.15, 0.2) is 243 Å². The third kappa shape index (κ3) is 16.0. The van der Waals surface area contributed by atoms with E-state index >= 15 is 0 Å². The van der Waals surface area contributed by atoms with Gasteiger partial charge in [-0.25, -0.2) is 19.9 Å². The van der Waals surface area contributed by atoms with E-state index in [9.17, 15) is 47.9 Å². The van der Waals surface area contributed by atoms with Crippen LogP contribution in [-0.4, -0.2) is 86.1 Å². The monoisotopic (exact) mass is 1680 g/mol. The van der Waals surface area contributed by atoms with Gasteiger partial charge >= 0.3 is 0 Å². The lowest BCUT2D eigenvalue weighted by molar-refractivity contribution is -0.121. The average Bonchev–Trinajstić information content (AvgIpc) is 1.59. The number of anilines is 10. The molecule has 127 heavy (non-hydrogen) atoms. The minimum absolute atomic E-state index is 0.00506. The zero-order valence-corrected chi connectivity index (χ0v) is 70.1. The summed E-state index contributed by atoms with van der Waals surface area (Å²) in [6, 6.07) is 71.2. The van der Waals surface area contributed by atoms with Crippen molar-refractivity contribution in [2.24, 2.45) is 0 Å². The molecule has 10 aliphatic rings. The molecule has 24 nitrogen and oxygen atoms in total. The van der Waals surface area contributed by atoms with Gasteiger partial charge in [-0.3, -0.25) is 47.9 Å². The van der Waals surface area contributed by atoms with Crippen LogP contribution in [0.4, 0.5) is 57.3 Å². The third-order valence-corrected chi connectivity index (χ3v) is 26.8. The summed E-state index contributed by atoms with van der Waals surface area (Å²) in [4.78, 5) is 144. The molecule has 22 rings (SSSR count). The molecule has 4 atom stereocenters. The number of aromatic nitrogens is 4. The Labute approximate surface area is 733 Å². The number of nitrogens with zero attached hydrogens (tertiary/aromatic N) is 5. The summed E-state index contributed by atoms with van der Waals surface area (Å²) < 4.78 is 0. The van der Waals surface area contributed by atoms with Crippen LogP contribution in [0, 0.1) is 0 Å². The summed E-state index contributed by atoms with van der Waals surface area (Å²) in [5.41, 5.74) is 23.0. The van der Waals surface area contributed by atoms with Gasteiger partial charge in [0.1, 0.15) is 23.8 Å². The lowest BCUT2D eigenvalue weighted by atomic mass is 9.79. The number of carbonyl (C=O) groups excluding carboxylic acids is 10. The van der Waals surface area contributed by atoms with Crippen molar-refractivity contribution in [1.29, 1.82) is 0 Å². The second-order valence-corrected chi connectivity index (χ2v) is 34.6. The number of fused-ring (bicyclic) bond motifs is 14. The molecule has 10 amide bonds. The number of benzene rings is 9. The molecule has 4 spiro atoms. The Kier molecular flexibility index (Phi) is 21.8. The molecule has 9 aromatic carbocycles. The fourth-order valence-electron chi connectivity index (χ4n) is 20.3. The highest BCUT2D eigenvalue weighted by atomic mass is 16.2. The largest absolute Gasteiger partial charge is 0.326 e. The SMILES string of the molecule is CN1C(=O)CCc2c(CCC(=O)Nc3ccc4c(c3)CC3(C4)C(=O)Nc4ncccc43)cccc21.O=C(CCc1cccc2c1CCC(=O)N2)Nc1ccc2c(c1)CC1(C2)C(=O)Nc2ncccc21.O=C(CCc1ccccc1)Nc1ccc2c(c1)CC1(C2)C(=O)Nc2ccccc21.O=C(CCc1ccccc1)Nc1ccc2c(c1)CC1(C2)C(=O)Nc2ncncc21. The molecular weight excluding hydrogens is 1590 g/mol. The van der Waals surface area contributed by atoms with Crippen LogP contribution in [-0.2, 0) is 159 Å². The first kappa shape index (κ1) is 81.7. The summed E-state index contributed by atoms with van der Waals surface area (Å²) >= 11 is 0. The Hall–Kier alpha value is -14.9. The molecule has 3 aromatic heterocycles. The van der Waals surface area contributed by atoms with Crippen molar-refractivity contribution in [3.63, 3.8) is 0 Å². The number of amides is 10. The van der Waals surface area contributed by atoms with Gasteiger partial charge < -0.3 is 52.8 Å². The fraction of sp³-hybridized carbons (Fsp3) is 0.243. The molecule has 0 radical (unpaired) electrons. The van der Waals surface area contributed by atoms with Crippen molar-refractivity contribution in [3.8, 4) is 0 Å². The predicted molar refractivity (Wildman–Crippen MR) is 486 cm³/mol. The fourth-order valence-corrected chi connectivity index (χ4v) is 20.3. The van der Waals surface area contributed by atoms with Gasteiger partial charge in [0.05, 0.1) is 21.7 Å². The Morgan fingerprint density at radius 3 is 1.22 bits per heavy atom. The molecule has 9 N–H and O–H groups in total. The van der Waals surface area contributed by atoms with Crippen molar-refractivity contribution < 1.29 is 47.9 Å². The number of pyridine rings is 2. The number of para-hydroxylation sites is 1. The van der Waals surface area contributed by atoms with Gasteiger partial charge in [-0.1, -0.05) is 140 Å². The zero-order chi connectivity index (χ0) is 87.1. The van der Waals surface area contributed by atoms with Crippen LogP contribution in [0.1, 0.15) is 139 Å². The van der Waals surface area contributed by atoms with E-state index in [-0.39, 0.29) is 59.1 Å². The van der Waals surface area contributed by atoms with E-state index in [4.69, 9.17) is 0 Å². The number of hydrogen-bond acceptors (Lipinski definition) is 14. The summed E-state index contributed by atoms with van der Waals surface area (Å²) in [5.74, 6) is 1.97. The van der Waals surface area contributed by atoms with Crippen LogP contribution >= 0.6 is 0 Å². The molecule has 9 heterocycles. The van der Waals surface area contributed by atoms with E-state index in [1.165, 1.54) is 11.9 Å². The maximum absolute atomic E-state index is 12.9. The van der Waals surface area contributed by atoms with Gasteiger partial charge in [-0.2, -0.15) is 0 Å². The molecule has 0 fully saturated rings. The van der Waals surface area contributed by atoms with Gasteiger partial charge in [-0.05, 0) is 252 Å². The quantitative estimate of drug-likeness (QED) is 0.0434. The van der Waals surface area contributed by atoms with Crippen molar-refractivity contribution in [2.75, 3.05) is 59.8 Å². The first-order valence-corrected chi connectivity index (χ1v) is 43.3. The molecular formula is C103H92N14O10. The van der Waals surface area contributed by atoms with Crippen molar-refractivity contribution >= 4 is 116 Å². The molecule has 4 aliphatic carbocycles. The maximum atomic E-state index is 12.9. The number of rotatable bonds is 16. The Morgan fingerprint density at radius 1 is 0.346 bits per heavy atom. The molecule has 24 heteroatoms. The number of hydrogen-bond donors (Lipinski definition) is 9. The molecule has 0 bridgehead atoms. The predicted octanol–water partition coefficient (Wildman–Crippen LogP) is 14.4. The van der Waals surface area contributed by atoms with Crippen LogP contribution in [0.2, 0.25) is 0 Å². The molecule has 0 saturated heterocycles. The van der Waals surface area contributed by atoms with Crippen molar-refractivity contribution in [2.45, 2.75) is 150 Å². The lowest BCUT2D eigenvalue weighted by Crippen LogP contribution is -2.35. The highest BCUT2D eigenvalue weighted by Gasteiger charge is 2.55. The Balaban J connectivity index is 0.000000111. The molecule has 634 valence electrons. The molecule has 6 aliphatic heterocycles.